The van der Waals surface area contributed by atoms with Crippen molar-refractivity contribution in [3.63, 3.8) is 0 Å². The summed E-state index contributed by atoms with van der Waals surface area (Å²) >= 11 is 17.8. The maximum absolute atomic E-state index is 11.9. The normalized spacial score (nSPS) is 10.7. The number of rotatable bonds is 14. The van der Waals surface area contributed by atoms with Gasteiger partial charge in [0.05, 0.1) is 29.5 Å². The van der Waals surface area contributed by atoms with Crippen molar-refractivity contribution in [1.82, 2.24) is 0 Å². The van der Waals surface area contributed by atoms with Crippen LogP contribution in [0.15, 0.2) is 12.1 Å². The first kappa shape index (κ1) is 25.1. The van der Waals surface area contributed by atoms with Crippen LogP contribution in [-0.2, 0) is 14.3 Å². The Morgan fingerprint density at radius 1 is 0.786 bits per heavy atom. The molecule has 0 aliphatic heterocycles. The van der Waals surface area contributed by atoms with E-state index in [9.17, 15) is 9.59 Å². The van der Waals surface area contributed by atoms with Crippen molar-refractivity contribution in [3.8, 4) is 5.75 Å². The van der Waals surface area contributed by atoms with Gasteiger partial charge in [-0.15, -0.1) is 0 Å². The van der Waals surface area contributed by atoms with Gasteiger partial charge in [-0.1, -0.05) is 93.1 Å². The molecule has 1 rings (SSSR count). The molecule has 0 radical (unpaired) electrons. The average molecular weight is 452 g/mol. The van der Waals surface area contributed by atoms with Gasteiger partial charge in [0, 0.05) is 0 Å². The fourth-order valence-corrected chi connectivity index (χ4v) is 3.24. The number of benzene rings is 1. The van der Waals surface area contributed by atoms with E-state index in [4.69, 9.17) is 44.3 Å². The lowest BCUT2D eigenvalue weighted by Gasteiger charge is -2.09. The number of hydrogen-bond acceptors (Lipinski definition) is 4. The Hall–Kier alpha value is -0.970. The van der Waals surface area contributed by atoms with E-state index in [1.54, 1.807) is 0 Å². The van der Waals surface area contributed by atoms with Crippen LogP contribution in [0.3, 0.4) is 0 Å². The van der Waals surface area contributed by atoms with Crippen molar-refractivity contribution >= 4 is 46.7 Å². The first-order valence-electron chi connectivity index (χ1n) is 9.95. The third-order valence-corrected chi connectivity index (χ3v) is 5.35. The van der Waals surface area contributed by atoms with Crippen LogP contribution in [0.2, 0.25) is 15.1 Å². The van der Waals surface area contributed by atoms with Crippen LogP contribution in [-0.4, -0.2) is 18.5 Å². The lowest BCUT2D eigenvalue weighted by Crippen LogP contribution is -2.13. The highest BCUT2D eigenvalue weighted by atomic mass is 35.5. The third kappa shape index (κ3) is 10.5. The Bertz CT molecular complexity index is 620. The van der Waals surface area contributed by atoms with Crippen molar-refractivity contribution in [3.05, 3.63) is 27.2 Å². The van der Waals surface area contributed by atoms with Crippen molar-refractivity contribution in [2.45, 2.75) is 77.6 Å². The molecule has 0 fully saturated rings. The molecule has 0 aromatic heterocycles. The van der Waals surface area contributed by atoms with Crippen LogP contribution in [0.1, 0.15) is 77.6 Å². The van der Waals surface area contributed by atoms with E-state index in [1.165, 1.54) is 50.7 Å². The zero-order valence-corrected chi connectivity index (χ0v) is 18.7. The minimum atomic E-state index is -0.619. The number of hydrogen-bond donors (Lipinski definition) is 0. The number of carbonyl (C=O) groups is 2. The number of ether oxygens (including phenoxy) is 2. The second kappa shape index (κ2) is 14.9. The molecule has 0 aliphatic carbocycles. The van der Waals surface area contributed by atoms with Crippen molar-refractivity contribution < 1.29 is 19.1 Å². The summed E-state index contributed by atoms with van der Waals surface area (Å²) in [6, 6.07) is 2.99. The summed E-state index contributed by atoms with van der Waals surface area (Å²) < 4.78 is 10.3. The lowest BCUT2D eigenvalue weighted by atomic mass is 10.1. The molecular formula is C21H29Cl3O4. The summed E-state index contributed by atoms with van der Waals surface area (Å²) in [6.07, 6.45) is 10.6. The number of esters is 2. The first-order chi connectivity index (χ1) is 13.5. The van der Waals surface area contributed by atoms with Gasteiger partial charge in [-0.05, 0) is 18.6 Å². The molecule has 0 spiro atoms. The number of unbranched alkanes of at least 4 members (excludes halogenated alkanes) is 8. The minimum Gasteiger partial charge on any atom is -0.466 e. The molecule has 0 saturated carbocycles. The molecule has 0 atom stereocenters. The molecule has 0 amide bonds. The first-order valence-corrected chi connectivity index (χ1v) is 11.1. The van der Waals surface area contributed by atoms with E-state index < -0.39 is 11.9 Å². The van der Waals surface area contributed by atoms with E-state index in [-0.39, 0.29) is 33.7 Å². The van der Waals surface area contributed by atoms with Crippen LogP contribution in [0.5, 0.6) is 5.75 Å². The largest absolute Gasteiger partial charge is 0.466 e. The second-order valence-corrected chi connectivity index (χ2v) is 7.89. The van der Waals surface area contributed by atoms with Crippen LogP contribution in [0.4, 0.5) is 0 Å². The summed E-state index contributed by atoms with van der Waals surface area (Å²) in [5, 5.41) is 0.473. The zero-order chi connectivity index (χ0) is 20.8. The van der Waals surface area contributed by atoms with Gasteiger partial charge in [0.15, 0.2) is 5.75 Å². The summed E-state index contributed by atoms with van der Waals surface area (Å²) in [5.41, 5.74) is 0. The predicted molar refractivity (Wildman–Crippen MR) is 115 cm³/mol. The van der Waals surface area contributed by atoms with Crippen LogP contribution in [0, 0.1) is 0 Å². The maximum atomic E-state index is 11.9. The number of halogens is 3. The highest BCUT2D eigenvalue weighted by Crippen LogP contribution is 2.38. The minimum absolute atomic E-state index is 0.00361. The Kier molecular flexibility index (Phi) is 13.4. The molecular weight excluding hydrogens is 423 g/mol. The van der Waals surface area contributed by atoms with Crippen molar-refractivity contribution in [2.75, 3.05) is 6.61 Å². The molecule has 0 N–H and O–H groups in total. The van der Waals surface area contributed by atoms with Crippen LogP contribution in [0.25, 0.3) is 0 Å². The van der Waals surface area contributed by atoms with Crippen molar-refractivity contribution in [2.24, 2.45) is 0 Å². The molecule has 4 nitrogen and oxygen atoms in total. The van der Waals surface area contributed by atoms with Gasteiger partial charge in [0.25, 0.3) is 0 Å². The van der Waals surface area contributed by atoms with Gasteiger partial charge in [0.2, 0.25) is 0 Å². The molecule has 7 heteroatoms. The highest BCUT2D eigenvalue weighted by Gasteiger charge is 2.16. The molecule has 0 heterocycles. The predicted octanol–water partition coefficient (Wildman–Crippen LogP) is 7.41. The summed E-state index contributed by atoms with van der Waals surface area (Å²) in [4.78, 5) is 23.6. The molecule has 0 unspecified atom stereocenters. The standard InChI is InChI=1S/C21H29Cl3O4/c1-2-3-4-5-6-7-8-9-10-15-27-18(25)13-14-19(26)28-21-17(23)12-11-16(22)20(21)24/h11-12H,2-10,13-15H2,1H3. The van der Waals surface area contributed by atoms with E-state index in [0.717, 1.165) is 19.3 Å². The SMILES string of the molecule is CCCCCCCCCCCOC(=O)CCC(=O)Oc1c(Cl)ccc(Cl)c1Cl. The van der Waals surface area contributed by atoms with Gasteiger partial charge in [0.1, 0.15) is 5.02 Å². The lowest BCUT2D eigenvalue weighted by molar-refractivity contribution is -0.147. The summed E-state index contributed by atoms with van der Waals surface area (Å²) in [5.74, 6) is -1.03. The molecule has 28 heavy (non-hydrogen) atoms. The van der Waals surface area contributed by atoms with Crippen LogP contribution < -0.4 is 4.74 Å². The molecule has 158 valence electrons. The second-order valence-electron chi connectivity index (χ2n) is 6.70. The Morgan fingerprint density at radius 3 is 1.96 bits per heavy atom. The third-order valence-electron chi connectivity index (χ3n) is 4.26. The summed E-state index contributed by atoms with van der Waals surface area (Å²) in [7, 11) is 0. The van der Waals surface area contributed by atoms with Gasteiger partial charge in [-0.3, -0.25) is 9.59 Å². The van der Waals surface area contributed by atoms with Gasteiger partial charge >= 0.3 is 11.9 Å². The molecule has 0 bridgehead atoms. The molecule has 0 aliphatic rings. The van der Waals surface area contributed by atoms with E-state index in [2.05, 4.69) is 6.92 Å². The number of carbonyl (C=O) groups excluding carboxylic acids is 2. The monoisotopic (exact) mass is 450 g/mol. The molecule has 0 saturated heterocycles. The highest BCUT2D eigenvalue weighted by molar-refractivity contribution is 6.44. The molecule has 1 aromatic carbocycles. The van der Waals surface area contributed by atoms with Gasteiger partial charge < -0.3 is 9.47 Å². The topological polar surface area (TPSA) is 52.6 Å². The Morgan fingerprint density at radius 2 is 1.32 bits per heavy atom. The Balaban J connectivity index is 2.10. The van der Waals surface area contributed by atoms with Gasteiger partial charge in [-0.2, -0.15) is 0 Å². The van der Waals surface area contributed by atoms with Crippen LogP contribution >= 0.6 is 34.8 Å². The fourth-order valence-electron chi connectivity index (χ4n) is 2.64. The maximum Gasteiger partial charge on any atom is 0.311 e. The van der Waals surface area contributed by atoms with E-state index in [1.807, 2.05) is 0 Å². The fraction of sp³-hybridized carbons (Fsp3) is 0.619. The Labute approximate surface area is 182 Å². The smallest absolute Gasteiger partial charge is 0.311 e. The quantitative estimate of drug-likeness (QED) is 0.128. The van der Waals surface area contributed by atoms with Gasteiger partial charge in [-0.25, -0.2) is 0 Å². The van der Waals surface area contributed by atoms with E-state index in [0.29, 0.717) is 6.61 Å². The van der Waals surface area contributed by atoms with E-state index >= 15 is 0 Å². The van der Waals surface area contributed by atoms with Crippen molar-refractivity contribution in [1.29, 1.82) is 0 Å². The zero-order valence-electron chi connectivity index (χ0n) is 16.4. The average Bonchev–Trinajstić information content (AvgIpc) is 2.68. The summed E-state index contributed by atoms with van der Waals surface area (Å²) in [6.45, 7) is 2.60. The molecule has 1 aromatic rings.